The smallest absolute Gasteiger partial charge is 0.436 e. The number of halogens is 7. The molecule has 0 saturated carbocycles. The summed E-state index contributed by atoms with van der Waals surface area (Å²) in [4.78, 5) is 25.8. The highest BCUT2D eigenvalue weighted by Gasteiger charge is 2.44. The molecule has 2 heterocycles. The van der Waals surface area contributed by atoms with E-state index in [0.29, 0.717) is 11.1 Å². The van der Waals surface area contributed by atoms with Crippen LogP contribution in [0.15, 0.2) is 36.4 Å². The summed E-state index contributed by atoms with van der Waals surface area (Å²) in [5.41, 5.74) is -2.12. The van der Waals surface area contributed by atoms with Crippen molar-refractivity contribution in [3.63, 3.8) is 0 Å². The number of hydrogen-bond donors (Lipinski definition) is 2. The van der Waals surface area contributed by atoms with Crippen LogP contribution >= 0.6 is 11.6 Å². The molecule has 1 aliphatic heterocycles. The van der Waals surface area contributed by atoms with E-state index in [1.54, 1.807) is 6.92 Å². The molecule has 3 aromatic rings. The fourth-order valence-electron chi connectivity index (χ4n) is 4.56. The van der Waals surface area contributed by atoms with Crippen molar-refractivity contribution in [2.75, 3.05) is 11.4 Å². The number of aryl methyl sites for hydroxylation is 1. The molecule has 0 fully saturated rings. The number of fused-ring (bicyclic) bond motifs is 1. The first-order valence-electron chi connectivity index (χ1n) is 11.5. The first-order chi connectivity index (χ1) is 18.1. The van der Waals surface area contributed by atoms with Crippen molar-refractivity contribution >= 4 is 29.3 Å². The van der Waals surface area contributed by atoms with E-state index in [0.717, 1.165) is 16.8 Å². The van der Waals surface area contributed by atoms with Crippen LogP contribution < -0.4 is 10.2 Å². The highest BCUT2D eigenvalue weighted by atomic mass is 35.5. The zero-order valence-corrected chi connectivity index (χ0v) is 21.2. The van der Waals surface area contributed by atoms with Gasteiger partial charge in [0.25, 0.3) is 5.91 Å². The number of hydrogen-bond acceptors (Lipinski definition) is 4. The number of benzene rings is 2. The molecule has 1 atom stereocenters. The van der Waals surface area contributed by atoms with E-state index in [1.807, 2.05) is 0 Å². The number of rotatable bonds is 6. The van der Waals surface area contributed by atoms with Crippen LogP contribution in [0.5, 0.6) is 0 Å². The number of nitrogens with zero attached hydrogens (tertiary/aromatic N) is 3. The van der Waals surface area contributed by atoms with Crippen molar-refractivity contribution in [1.82, 2.24) is 15.1 Å². The van der Waals surface area contributed by atoms with Crippen LogP contribution in [0.3, 0.4) is 0 Å². The molecule has 7 nitrogen and oxygen atoms in total. The summed E-state index contributed by atoms with van der Waals surface area (Å²) in [6.07, 6.45) is -9.72. The topological polar surface area (TPSA) is 87.5 Å². The lowest BCUT2D eigenvalue weighted by Gasteiger charge is -2.22. The van der Waals surface area contributed by atoms with Crippen molar-refractivity contribution < 1.29 is 41.0 Å². The summed E-state index contributed by atoms with van der Waals surface area (Å²) in [7, 11) is 0. The number of anilines is 1. The van der Waals surface area contributed by atoms with Crippen molar-refractivity contribution in [2.45, 2.75) is 45.3 Å². The zero-order valence-electron chi connectivity index (χ0n) is 20.4. The summed E-state index contributed by atoms with van der Waals surface area (Å²) in [6.45, 7) is 3.00. The van der Waals surface area contributed by atoms with Crippen LogP contribution in [-0.2, 0) is 25.4 Å². The van der Waals surface area contributed by atoms with Crippen LogP contribution in [0.1, 0.15) is 61.6 Å². The predicted molar refractivity (Wildman–Crippen MR) is 129 cm³/mol. The van der Waals surface area contributed by atoms with E-state index in [1.165, 1.54) is 36.1 Å². The Balaban J connectivity index is 1.68. The molecular weight excluding hydrogens is 554 g/mol. The van der Waals surface area contributed by atoms with Gasteiger partial charge in [0.2, 0.25) is 0 Å². The number of carbonyl (C=O) groups is 2. The van der Waals surface area contributed by atoms with Gasteiger partial charge in [0.05, 0.1) is 28.7 Å². The molecule has 1 unspecified atom stereocenters. The molecule has 1 amide bonds. The maximum atomic E-state index is 13.9. The Labute approximate surface area is 223 Å². The van der Waals surface area contributed by atoms with Crippen LogP contribution in [0, 0.1) is 6.92 Å². The van der Waals surface area contributed by atoms with Gasteiger partial charge in [0, 0.05) is 13.1 Å². The van der Waals surface area contributed by atoms with Crippen molar-refractivity contribution in [3.8, 4) is 0 Å². The number of carboxylic acids is 1. The Hall–Kier alpha value is -3.74. The van der Waals surface area contributed by atoms with Crippen molar-refractivity contribution in [3.05, 3.63) is 80.5 Å². The summed E-state index contributed by atoms with van der Waals surface area (Å²) < 4.78 is 82.7. The second-order valence-corrected chi connectivity index (χ2v) is 9.48. The largest absolute Gasteiger partial charge is 0.478 e. The summed E-state index contributed by atoms with van der Waals surface area (Å²) in [6, 6.07) is 6.54. The molecule has 0 saturated heterocycles. The van der Waals surface area contributed by atoms with Crippen LogP contribution in [0.25, 0.3) is 0 Å². The van der Waals surface area contributed by atoms with Gasteiger partial charge >= 0.3 is 18.3 Å². The Morgan fingerprint density at radius 3 is 2.36 bits per heavy atom. The van der Waals surface area contributed by atoms with Gasteiger partial charge in [-0.1, -0.05) is 23.7 Å². The Morgan fingerprint density at radius 1 is 1.08 bits per heavy atom. The monoisotopic (exact) mass is 574 g/mol. The van der Waals surface area contributed by atoms with Gasteiger partial charge in [0.1, 0.15) is 11.4 Å². The lowest BCUT2D eigenvalue weighted by Crippen LogP contribution is -2.31. The molecule has 39 heavy (non-hydrogen) atoms. The molecule has 0 radical (unpaired) electrons. The fraction of sp³-hybridized carbons (Fsp3) is 0.320. The molecule has 14 heteroatoms. The predicted octanol–water partition coefficient (Wildman–Crippen LogP) is 6.09. The number of amides is 1. The fourth-order valence-corrected chi connectivity index (χ4v) is 4.79. The van der Waals surface area contributed by atoms with Gasteiger partial charge in [-0.25, -0.2) is 9.48 Å². The summed E-state index contributed by atoms with van der Waals surface area (Å²) in [5.74, 6) is -2.42. The highest BCUT2D eigenvalue weighted by Crippen LogP contribution is 2.40. The molecule has 0 spiro atoms. The Morgan fingerprint density at radius 2 is 1.77 bits per heavy atom. The van der Waals surface area contributed by atoms with E-state index in [-0.39, 0.29) is 36.6 Å². The third-order valence-corrected chi connectivity index (χ3v) is 6.67. The van der Waals surface area contributed by atoms with E-state index >= 15 is 0 Å². The zero-order chi connectivity index (χ0) is 28.9. The van der Waals surface area contributed by atoms with E-state index in [2.05, 4.69) is 10.4 Å². The Bertz CT molecular complexity index is 1450. The van der Waals surface area contributed by atoms with Gasteiger partial charge < -0.3 is 15.3 Å². The van der Waals surface area contributed by atoms with Crippen LogP contribution in [0.2, 0.25) is 5.02 Å². The number of aromatic carboxylic acids is 1. The lowest BCUT2D eigenvalue weighted by molar-refractivity contribution is -0.142. The average Bonchev–Trinajstić information content (AvgIpc) is 3.39. The molecule has 2 N–H and O–H groups in total. The third kappa shape index (κ3) is 5.68. The molecule has 208 valence electrons. The summed E-state index contributed by atoms with van der Waals surface area (Å²) in [5, 5.41) is 14.8. The van der Waals surface area contributed by atoms with Gasteiger partial charge in [-0.3, -0.25) is 4.79 Å². The van der Waals surface area contributed by atoms with Crippen molar-refractivity contribution in [2.24, 2.45) is 0 Å². The van der Waals surface area contributed by atoms with E-state index in [9.17, 15) is 35.9 Å². The molecule has 1 aromatic heterocycles. The standard InChI is InChI=1S/C25H21ClF6N4O3/c1-12-9-15(23(38)39)4-5-16(12)13(2)33-21(37)19-20(25(30,31)32)34-36-8-7-35(22(19)36)11-14-3-6-18(26)17(10-14)24(27,28)29/h3-6,9-10,13H,7-8,11H2,1-2H3,(H,33,37)(H,38,39). The molecule has 1 aliphatic rings. The quantitative estimate of drug-likeness (QED) is 0.348. The van der Waals surface area contributed by atoms with Gasteiger partial charge in [0.15, 0.2) is 5.69 Å². The molecule has 0 bridgehead atoms. The molecule has 0 aliphatic carbocycles. The molecule has 4 rings (SSSR count). The number of nitrogens with one attached hydrogen (secondary N) is 1. The maximum Gasteiger partial charge on any atom is 0.436 e. The minimum Gasteiger partial charge on any atom is -0.478 e. The number of alkyl halides is 6. The minimum atomic E-state index is -4.98. The van der Waals surface area contributed by atoms with Crippen molar-refractivity contribution in [1.29, 1.82) is 0 Å². The van der Waals surface area contributed by atoms with E-state index < -0.39 is 52.1 Å². The second kappa shape index (κ2) is 10.1. The minimum absolute atomic E-state index is 0.00936. The maximum absolute atomic E-state index is 13.9. The van der Waals surface area contributed by atoms with Crippen LogP contribution in [-0.4, -0.2) is 33.3 Å². The first-order valence-corrected chi connectivity index (χ1v) is 11.9. The molecular formula is C25H21ClF6N4O3. The van der Waals surface area contributed by atoms with Gasteiger partial charge in [-0.05, 0) is 54.8 Å². The van der Waals surface area contributed by atoms with Crippen LogP contribution in [0.4, 0.5) is 32.2 Å². The number of aromatic nitrogens is 2. The van der Waals surface area contributed by atoms with E-state index in [4.69, 9.17) is 16.7 Å². The highest BCUT2D eigenvalue weighted by molar-refractivity contribution is 6.31. The van der Waals surface area contributed by atoms with Gasteiger partial charge in [-0.2, -0.15) is 31.4 Å². The second-order valence-electron chi connectivity index (χ2n) is 9.07. The normalized spacial score (nSPS) is 14.3. The average molecular weight is 575 g/mol. The number of carbonyl (C=O) groups excluding carboxylic acids is 1. The Kier molecular flexibility index (Phi) is 7.32. The third-order valence-electron chi connectivity index (χ3n) is 6.34. The molecule has 2 aromatic carbocycles. The SMILES string of the molecule is Cc1cc(C(=O)O)ccc1C(C)NC(=O)c1c(C(F)(F)F)nn2c1N(Cc1ccc(Cl)c(C(F)(F)F)c1)CC2. The van der Waals surface area contributed by atoms with Gasteiger partial charge in [-0.15, -0.1) is 0 Å². The number of carboxylic acid groups (broad SMARTS) is 1. The lowest BCUT2D eigenvalue weighted by atomic mass is 9.99. The summed E-state index contributed by atoms with van der Waals surface area (Å²) >= 11 is 5.68. The first kappa shape index (κ1) is 28.3.